The Balaban J connectivity index is 3.02. The molecule has 0 amide bonds. The van der Waals surface area contributed by atoms with E-state index in [4.69, 9.17) is 0 Å². The quantitative estimate of drug-likeness (QED) is 0.416. The second-order valence-corrected chi connectivity index (χ2v) is 4.53. The Hall–Kier alpha value is 0.0649. The van der Waals surface area contributed by atoms with Crippen molar-refractivity contribution in [1.82, 2.24) is 0 Å². The van der Waals surface area contributed by atoms with Gasteiger partial charge in [0.25, 0.3) is 0 Å². The highest BCUT2D eigenvalue weighted by atomic mass is 14.1. The molecule has 0 aromatic carbocycles. The van der Waals surface area contributed by atoms with Crippen molar-refractivity contribution >= 4 is 7.28 Å². The summed E-state index contributed by atoms with van der Waals surface area (Å²) in [5, 5.41) is 0. The molecule has 0 unspecified atom stereocenters. The summed E-state index contributed by atoms with van der Waals surface area (Å²) < 4.78 is 0. The fraction of sp³-hybridized carbons (Fsp3) is 1.00. The summed E-state index contributed by atoms with van der Waals surface area (Å²) in [6.07, 6.45) is 6.63. The van der Waals surface area contributed by atoms with Crippen LogP contribution in [0.2, 0.25) is 12.6 Å². The van der Waals surface area contributed by atoms with Gasteiger partial charge in [-0.15, -0.1) is 0 Å². The fourth-order valence-electron chi connectivity index (χ4n) is 1.13. The molecule has 1 heteroatoms. The molecular weight excluding hydrogens is 131 g/mol. The molecule has 0 saturated heterocycles. The van der Waals surface area contributed by atoms with E-state index < -0.39 is 0 Å². The first-order valence-electron chi connectivity index (χ1n) is 4.88. The van der Waals surface area contributed by atoms with Gasteiger partial charge < -0.3 is 0 Å². The molecule has 0 spiro atoms. The van der Waals surface area contributed by atoms with E-state index in [2.05, 4.69) is 35.0 Å². The molecule has 0 aliphatic carbocycles. The van der Waals surface area contributed by atoms with Crippen LogP contribution in [0, 0.1) is 5.41 Å². The van der Waals surface area contributed by atoms with Crippen LogP contribution in [0.1, 0.15) is 47.0 Å². The highest BCUT2D eigenvalue weighted by Gasteiger charge is 2.08. The molecular formula is C10H22B. The third kappa shape index (κ3) is 10.1. The largest absolute Gasteiger partial charge is 0.109 e. The normalized spacial score (nSPS) is 11.6. The van der Waals surface area contributed by atoms with Gasteiger partial charge in [0, 0.05) is 0 Å². The minimum absolute atomic E-state index is 0.528. The van der Waals surface area contributed by atoms with E-state index in [1.807, 2.05) is 0 Å². The number of hydrogen-bond acceptors (Lipinski definition) is 0. The highest BCUT2D eigenvalue weighted by molar-refractivity contribution is 6.35. The summed E-state index contributed by atoms with van der Waals surface area (Å²) in [4.78, 5) is 0. The molecule has 0 atom stereocenters. The Kier molecular flexibility index (Phi) is 5.72. The van der Waals surface area contributed by atoms with Gasteiger partial charge in [-0.25, -0.2) is 0 Å². The SMILES string of the molecule is CCC[B]CCCC(C)(C)C. The molecule has 0 bridgehead atoms. The van der Waals surface area contributed by atoms with Crippen LogP contribution >= 0.6 is 0 Å². The van der Waals surface area contributed by atoms with E-state index in [9.17, 15) is 0 Å². The maximum Gasteiger partial charge on any atom is 0.109 e. The second kappa shape index (κ2) is 5.68. The standard InChI is InChI=1S/C10H22B/c1-5-8-11-9-6-7-10(2,3)4/h5-9H2,1-4H3. The average molecular weight is 153 g/mol. The first-order valence-corrected chi connectivity index (χ1v) is 4.88. The van der Waals surface area contributed by atoms with Crippen LogP contribution in [-0.2, 0) is 0 Å². The summed E-state index contributed by atoms with van der Waals surface area (Å²) in [5.41, 5.74) is 0.528. The van der Waals surface area contributed by atoms with Crippen molar-refractivity contribution in [3.8, 4) is 0 Å². The topological polar surface area (TPSA) is 0 Å². The summed E-state index contributed by atoms with van der Waals surface area (Å²) >= 11 is 0. The van der Waals surface area contributed by atoms with Gasteiger partial charge in [0.05, 0.1) is 0 Å². The third-order valence-corrected chi connectivity index (χ3v) is 1.83. The first-order chi connectivity index (χ1) is 5.06. The van der Waals surface area contributed by atoms with E-state index in [0.717, 1.165) is 0 Å². The van der Waals surface area contributed by atoms with Gasteiger partial charge in [0.15, 0.2) is 0 Å². The zero-order valence-corrected chi connectivity index (χ0v) is 8.61. The molecule has 0 aliphatic rings. The molecule has 0 nitrogen and oxygen atoms in total. The van der Waals surface area contributed by atoms with Crippen LogP contribution < -0.4 is 0 Å². The smallest absolute Gasteiger partial charge is 0.0806 e. The molecule has 0 aromatic heterocycles. The van der Waals surface area contributed by atoms with Gasteiger partial charge in [-0.3, -0.25) is 0 Å². The monoisotopic (exact) mass is 153 g/mol. The Morgan fingerprint density at radius 3 is 2.18 bits per heavy atom. The van der Waals surface area contributed by atoms with Crippen molar-refractivity contribution in [2.45, 2.75) is 59.6 Å². The maximum absolute atomic E-state index is 2.42. The lowest BCUT2D eigenvalue weighted by Gasteiger charge is -2.17. The average Bonchev–Trinajstić information content (AvgIpc) is 1.85. The minimum Gasteiger partial charge on any atom is -0.0806 e. The van der Waals surface area contributed by atoms with Crippen LogP contribution in [0.4, 0.5) is 0 Å². The van der Waals surface area contributed by atoms with Crippen LogP contribution in [0.15, 0.2) is 0 Å². The summed E-state index contributed by atoms with van der Waals surface area (Å²) in [7, 11) is 2.42. The maximum atomic E-state index is 2.42. The minimum atomic E-state index is 0.528. The lowest BCUT2D eigenvalue weighted by Crippen LogP contribution is -2.04. The van der Waals surface area contributed by atoms with E-state index in [-0.39, 0.29) is 0 Å². The lowest BCUT2D eigenvalue weighted by molar-refractivity contribution is 0.373. The first kappa shape index (κ1) is 11.1. The van der Waals surface area contributed by atoms with Crippen LogP contribution in [0.25, 0.3) is 0 Å². The summed E-state index contributed by atoms with van der Waals surface area (Å²) in [6, 6.07) is 0. The molecule has 1 radical (unpaired) electrons. The van der Waals surface area contributed by atoms with Crippen molar-refractivity contribution in [2.75, 3.05) is 0 Å². The molecule has 0 heterocycles. The van der Waals surface area contributed by atoms with E-state index in [0.29, 0.717) is 5.41 Å². The van der Waals surface area contributed by atoms with Crippen molar-refractivity contribution < 1.29 is 0 Å². The van der Waals surface area contributed by atoms with E-state index >= 15 is 0 Å². The van der Waals surface area contributed by atoms with Crippen molar-refractivity contribution in [2.24, 2.45) is 5.41 Å². The van der Waals surface area contributed by atoms with Crippen LogP contribution in [0.3, 0.4) is 0 Å². The highest BCUT2D eigenvalue weighted by Crippen LogP contribution is 2.21. The molecule has 0 aliphatic heterocycles. The summed E-state index contributed by atoms with van der Waals surface area (Å²) in [6.45, 7) is 9.17. The lowest BCUT2D eigenvalue weighted by atomic mass is 9.68. The van der Waals surface area contributed by atoms with Gasteiger partial charge in [-0.1, -0.05) is 53.2 Å². The Morgan fingerprint density at radius 2 is 1.73 bits per heavy atom. The van der Waals surface area contributed by atoms with E-state index in [1.54, 1.807) is 0 Å². The Labute approximate surface area is 73.0 Å². The Bertz CT molecular complexity index is 81.4. The molecule has 11 heavy (non-hydrogen) atoms. The fourth-order valence-corrected chi connectivity index (χ4v) is 1.13. The zero-order chi connectivity index (χ0) is 8.74. The third-order valence-electron chi connectivity index (χ3n) is 1.83. The van der Waals surface area contributed by atoms with Gasteiger partial charge in [-0.2, -0.15) is 0 Å². The molecule has 0 fully saturated rings. The van der Waals surface area contributed by atoms with Crippen LogP contribution in [0.5, 0.6) is 0 Å². The van der Waals surface area contributed by atoms with Crippen molar-refractivity contribution in [3.63, 3.8) is 0 Å². The number of rotatable bonds is 5. The van der Waals surface area contributed by atoms with Gasteiger partial charge in [-0.05, 0) is 11.8 Å². The molecule has 0 N–H and O–H groups in total. The van der Waals surface area contributed by atoms with Crippen LogP contribution in [-0.4, -0.2) is 7.28 Å². The second-order valence-electron chi connectivity index (χ2n) is 4.53. The molecule has 0 aromatic rings. The van der Waals surface area contributed by atoms with Gasteiger partial charge in [0.2, 0.25) is 0 Å². The molecule has 0 saturated carbocycles. The van der Waals surface area contributed by atoms with Gasteiger partial charge >= 0.3 is 0 Å². The van der Waals surface area contributed by atoms with E-state index in [1.165, 1.54) is 31.9 Å². The van der Waals surface area contributed by atoms with Crippen molar-refractivity contribution in [1.29, 1.82) is 0 Å². The zero-order valence-electron chi connectivity index (χ0n) is 8.61. The Morgan fingerprint density at radius 1 is 1.09 bits per heavy atom. The van der Waals surface area contributed by atoms with Crippen molar-refractivity contribution in [3.05, 3.63) is 0 Å². The molecule has 0 rings (SSSR count). The number of hydrogen-bond donors (Lipinski definition) is 0. The predicted octanol–water partition coefficient (Wildman–Crippen LogP) is 3.76. The predicted molar refractivity (Wildman–Crippen MR) is 54.3 cm³/mol. The molecule has 65 valence electrons. The van der Waals surface area contributed by atoms with Gasteiger partial charge in [0.1, 0.15) is 7.28 Å². The summed E-state index contributed by atoms with van der Waals surface area (Å²) in [5.74, 6) is 0.